The van der Waals surface area contributed by atoms with Gasteiger partial charge in [-0.1, -0.05) is 0 Å². The highest BCUT2D eigenvalue weighted by molar-refractivity contribution is 5.76. The molecule has 0 saturated carbocycles. The van der Waals surface area contributed by atoms with Crippen LogP contribution >= 0.6 is 0 Å². The van der Waals surface area contributed by atoms with Crippen molar-refractivity contribution in [1.82, 2.24) is 5.32 Å². The van der Waals surface area contributed by atoms with Gasteiger partial charge in [-0.2, -0.15) is 0 Å². The molecule has 82 valence electrons. The topological polar surface area (TPSA) is 81.4 Å². The van der Waals surface area contributed by atoms with Crippen LogP contribution in [-0.2, 0) is 9.53 Å². The summed E-state index contributed by atoms with van der Waals surface area (Å²) in [6, 6.07) is 0. The lowest BCUT2D eigenvalue weighted by Crippen LogP contribution is -2.46. The molecule has 5 nitrogen and oxygen atoms in total. The average Bonchev–Trinajstić information content (AvgIpc) is 1.77. The minimum absolute atomic E-state index is 0.0835. The summed E-state index contributed by atoms with van der Waals surface area (Å²) >= 11 is 0. The zero-order valence-electron chi connectivity index (χ0n) is 9.09. The summed E-state index contributed by atoms with van der Waals surface area (Å²) < 4.78 is 4.87. The van der Waals surface area contributed by atoms with Gasteiger partial charge in [0.25, 0.3) is 0 Å². The van der Waals surface area contributed by atoms with E-state index in [0.717, 1.165) is 0 Å². The molecule has 5 heteroatoms. The molecule has 2 amide bonds. The number of nitrogens with two attached hydrogens (primary N) is 1. The van der Waals surface area contributed by atoms with E-state index in [9.17, 15) is 9.59 Å². The van der Waals surface area contributed by atoms with Crippen LogP contribution in [0.3, 0.4) is 0 Å². The van der Waals surface area contributed by atoms with Crippen LogP contribution in [0.1, 0.15) is 34.1 Å². The third-order valence-corrected chi connectivity index (χ3v) is 1.40. The number of rotatable bonds is 4. The van der Waals surface area contributed by atoms with Crippen molar-refractivity contribution >= 4 is 12.0 Å². The fourth-order valence-electron chi connectivity index (χ4n) is 1.000. The molecule has 3 N–H and O–H groups in total. The number of alkyl carbamates (subject to hydrolysis) is 1. The van der Waals surface area contributed by atoms with Gasteiger partial charge in [0.2, 0.25) is 5.91 Å². The van der Waals surface area contributed by atoms with E-state index >= 15 is 0 Å². The van der Waals surface area contributed by atoms with Crippen LogP contribution in [0.4, 0.5) is 4.79 Å². The van der Waals surface area contributed by atoms with Crippen molar-refractivity contribution in [3.05, 3.63) is 0 Å². The number of nitrogens with one attached hydrogen (secondary N) is 1. The van der Waals surface area contributed by atoms with E-state index in [1.165, 1.54) is 0 Å². The molecule has 0 radical (unpaired) electrons. The van der Waals surface area contributed by atoms with Gasteiger partial charge in [0.05, 0.1) is 6.10 Å². The molecular formula is C9H18N2O3. The quantitative estimate of drug-likeness (QED) is 0.706. The van der Waals surface area contributed by atoms with Crippen molar-refractivity contribution in [2.24, 2.45) is 5.73 Å². The number of hydrogen-bond acceptors (Lipinski definition) is 3. The van der Waals surface area contributed by atoms with E-state index in [-0.39, 0.29) is 12.5 Å². The highest BCUT2D eigenvalue weighted by Crippen LogP contribution is 2.07. The summed E-state index contributed by atoms with van der Waals surface area (Å²) in [5.41, 5.74) is 4.36. The molecule has 0 aromatic carbocycles. The van der Waals surface area contributed by atoms with Gasteiger partial charge in [0.1, 0.15) is 0 Å². The number of carbonyl (C=O) groups excluding carboxylic acids is 2. The van der Waals surface area contributed by atoms with E-state index in [4.69, 9.17) is 10.5 Å². The van der Waals surface area contributed by atoms with Crippen molar-refractivity contribution in [2.75, 3.05) is 0 Å². The van der Waals surface area contributed by atoms with Crippen LogP contribution in [-0.4, -0.2) is 23.6 Å². The van der Waals surface area contributed by atoms with Gasteiger partial charge in [-0.25, -0.2) is 4.79 Å². The molecule has 0 aliphatic carbocycles. The first kappa shape index (κ1) is 12.7. The third kappa shape index (κ3) is 6.28. The maximum atomic E-state index is 11.2. The molecule has 0 atom stereocenters. The van der Waals surface area contributed by atoms with E-state index < -0.39 is 17.5 Å². The third-order valence-electron chi connectivity index (χ3n) is 1.40. The van der Waals surface area contributed by atoms with Crippen molar-refractivity contribution < 1.29 is 14.3 Å². The first-order chi connectivity index (χ1) is 6.23. The Morgan fingerprint density at radius 3 is 2.29 bits per heavy atom. The second-order valence-electron chi connectivity index (χ2n) is 4.11. The zero-order chi connectivity index (χ0) is 11.4. The monoisotopic (exact) mass is 202 g/mol. The number of primary amides is 1. The SMILES string of the molecule is CC(C)OC(=O)NC(C)(C)CC(N)=O. The maximum Gasteiger partial charge on any atom is 0.407 e. The molecule has 0 aliphatic heterocycles. The van der Waals surface area contributed by atoms with E-state index in [2.05, 4.69) is 5.32 Å². The predicted molar refractivity (Wildman–Crippen MR) is 52.6 cm³/mol. The molecular weight excluding hydrogens is 184 g/mol. The minimum atomic E-state index is -0.669. The number of ether oxygens (including phenoxy) is 1. The number of amides is 2. The predicted octanol–water partition coefficient (Wildman–Crippen LogP) is 0.775. The second kappa shape index (κ2) is 4.83. The first-order valence-corrected chi connectivity index (χ1v) is 4.50. The Hall–Kier alpha value is -1.26. The van der Waals surface area contributed by atoms with E-state index in [1.54, 1.807) is 27.7 Å². The summed E-state index contributed by atoms with van der Waals surface area (Å²) in [5, 5.41) is 2.56. The second-order valence-corrected chi connectivity index (χ2v) is 4.11. The van der Waals surface area contributed by atoms with Gasteiger partial charge in [0.15, 0.2) is 0 Å². The van der Waals surface area contributed by atoms with Crippen LogP contribution in [0.2, 0.25) is 0 Å². The standard InChI is InChI=1S/C9H18N2O3/c1-6(2)14-8(13)11-9(3,4)5-7(10)12/h6H,5H2,1-4H3,(H2,10,12)(H,11,13). The number of carbonyl (C=O) groups is 2. The zero-order valence-corrected chi connectivity index (χ0v) is 9.09. The highest BCUT2D eigenvalue weighted by Gasteiger charge is 2.23. The van der Waals surface area contributed by atoms with Crippen molar-refractivity contribution in [3.63, 3.8) is 0 Å². The van der Waals surface area contributed by atoms with Crippen LogP contribution in [0, 0.1) is 0 Å². The summed E-state index contributed by atoms with van der Waals surface area (Å²) in [6.07, 6.45) is -0.633. The molecule has 0 spiro atoms. The molecule has 0 unspecified atom stereocenters. The van der Waals surface area contributed by atoms with Gasteiger partial charge in [-0.15, -0.1) is 0 Å². The molecule has 0 aromatic heterocycles. The van der Waals surface area contributed by atoms with Gasteiger partial charge >= 0.3 is 6.09 Å². The Balaban J connectivity index is 4.08. The Morgan fingerprint density at radius 1 is 1.43 bits per heavy atom. The van der Waals surface area contributed by atoms with Crippen molar-refractivity contribution in [2.45, 2.75) is 45.8 Å². The molecule has 0 rings (SSSR count). The summed E-state index contributed by atoms with van der Waals surface area (Å²) in [5.74, 6) is -0.458. The molecule has 0 heterocycles. The Bertz CT molecular complexity index is 224. The lowest BCUT2D eigenvalue weighted by Gasteiger charge is -2.24. The van der Waals surface area contributed by atoms with Crippen molar-refractivity contribution in [1.29, 1.82) is 0 Å². The van der Waals surface area contributed by atoms with Gasteiger partial charge in [-0.3, -0.25) is 4.79 Å². The largest absolute Gasteiger partial charge is 0.447 e. The fraction of sp³-hybridized carbons (Fsp3) is 0.778. The molecule has 0 aliphatic rings. The fourth-order valence-corrected chi connectivity index (χ4v) is 1.000. The average molecular weight is 202 g/mol. The molecule has 0 aromatic rings. The van der Waals surface area contributed by atoms with Crippen LogP contribution in [0.15, 0.2) is 0 Å². The van der Waals surface area contributed by atoms with Crippen molar-refractivity contribution in [3.8, 4) is 0 Å². The molecule has 0 bridgehead atoms. The highest BCUT2D eigenvalue weighted by atomic mass is 16.6. The maximum absolute atomic E-state index is 11.2. The lowest BCUT2D eigenvalue weighted by molar-refractivity contribution is -0.119. The molecule has 0 saturated heterocycles. The Labute approximate surface area is 84.0 Å². The minimum Gasteiger partial charge on any atom is -0.447 e. The molecule has 0 fully saturated rings. The van der Waals surface area contributed by atoms with Gasteiger partial charge in [-0.05, 0) is 27.7 Å². The summed E-state index contributed by atoms with van der Waals surface area (Å²) in [4.78, 5) is 21.8. The lowest BCUT2D eigenvalue weighted by atomic mass is 10.0. The normalized spacial score (nSPS) is 11.2. The van der Waals surface area contributed by atoms with Gasteiger partial charge < -0.3 is 15.8 Å². The van der Waals surface area contributed by atoms with Crippen LogP contribution in [0.5, 0.6) is 0 Å². The summed E-state index contributed by atoms with van der Waals surface area (Å²) in [6.45, 7) is 6.92. The van der Waals surface area contributed by atoms with E-state index in [1.807, 2.05) is 0 Å². The Kier molecular flexibility index (Phi) is 4.40. The summed E-state index contributed by atoms with van der Waals surface area (Å²) in [7, 11) is 0. The van der Waals surface area contributed by atoms with Crippen LogP contribution < -0.4 is 11.1 Å². The molecule has 14 heavy (non-hydrogen) atoms. The number of hydrogen-bond donors (Lipinski definition) is 2. The van der Waals surface area contributed by atoms with E-state index in [0.29, 0.717) is 0 Å². The first-order valence-electron chi connectivity index (χ1n) is 4.50. The smallest absolute Gasteiger partial charge is 0.407 e. The van der Waals surface area contributed by atoms with Gasteiger partial charge in [0, 0.05) is 12.0 Å². The van der Waals surface area contributed by atoms with Crippen LogP contribution in [0.25, 0.3) is 0 Å². The Morgan fingerprint density at radius 2 is 1.93 bits per heavy atom.